The highest BCUT2D eigenvalue weighted by Gasteiger charge is 2.10. The number of allylic oxidation sites excluding steroid dienone is 1. The summed E-state index contributed by atoms with van der Waals surface area (Å²) in [6.45, 7) is 0. The molecule has 0 saturated carbocycles. The lowest BCUT2D eigenvalue weighted by Gasteiger charge is -1.99. The summed E-state index contributed by atoms with van der Waals surface area (Å²) in [6, 6.07) is 18.2. The summed E-state index contributed by atoms with van der Waals surface area (Å²) in [6.07, 6.45) is 4.45. The van der Waals surface area contributed by atoms with E-state index in [1.165, 1.54) is 12.2 Å². The zero-order chi connectivity index (χ0) is 14.4. The van der Waals surface area contributed by atoms with Gasteiger partial charge >= 0.3 is 0 Å². The van der Waals surface area contributed by atoms with Gasteiger partial charge in [-0.2, -0.15) is 8.42 Å². The Morgan fingerprint density at radius 3 is 1.85 bits per heavy atom. The van der Waals surface area contributed by atoms with Crippen LogP contribution in [0.1, 0.15) is 11.1 Å². The van der Waals surface area contributed by atoms with E-state index in [0.717, 1.165) is 5.56 Å². The maximum absolute atomic E-state index is 11.4. The van der Waals surface area contributed by atoms with Crippen LogP contribution in [-0.2, 0) is 10.1 Å². The van der Waals surface area contributed by atoms with Gasteiger partial charge < -0.3 is 0 Å². The molecule has 20 heavy (non-hydrogen) atoms. The van der Waals surface area contributed by atoms with E-state index < -0.39 is 10.1 Å². The molecule has 0 heterocycles. The fourth-order valence-electron chi connectivity index (χ4n) is 1.66. The molecule has 0 amide bonds. The minimum atomic E-state index is -4.26. The molecule has 2 aromatic rings. The second-order valence-electron chi connectivity index (χ2n) is 4.18. The van der Waals surface area contributed by atoms with Gasteiger partial charge in [-0.1, -0.05) is 66.7 Å². The third-order valence-electron chi connectivity index (χ3n) is 2.65. The summed E-state index contributed by atoms with van der Waals surface area (Å²) in [5.74, 6) is 0. The van der Waals surface area contributed by atoms with Crippen LogP contribution in [0.15, 0.2) is 71.6 Å². The van der Waals surface area contributed by atoms with Crippen LogP contribution in [-0.4, -0.2) is 13.0 Å². The van der Waals surface area contributed by atoms with Crippen LogP contribution in [0.4, 0.5) is 0 Å². The molecule has 0 aliphatic rings. The summed E-state index contributed by atoms with van der Waals surface area (Å²) in [4.78, 5) is -0.146. The second-order valence-corrected chi connectivity index (χ2v) is 5.60. The van der Waals surface area contributed by atoms with Gasteiger partial charge in [0.05, 0.1) is 4.91 Å². The van der Waals surface area contributed by atoms with Gasteiger partial charge in [0.1, 0.15) is 0 Å². The zero-order valence-electron chi connectivity index (χ0n) is 10.7. The maximum Gasteiger partial charge on any atom is 0.294 e. The smallest absolute Gasteiger partial charge is 0.282 e. The van der Waals surface area contributed by atoms with Gasteiger partial charge in [0.15, 0.2) is 0 Å². The molecule has 0 bridgehead atoms. The second kappa shape index (κ2) is 6.32. The molecule has 0 radical (unpaired) electrons. The zero-order valence-corrected chi connectivity index (χ0v) is 11.5. The first-order chi connectivity index (χ1) is 9.55. The van der Waals surface area contributed by atoms with Gasteiger partial charge in [0.2, 0.25) is 0 Å². The van der Waals surface area contributed by atoms with E-state index in [9.17, 15) is 13.0 Å². The summed E-state index contributed by atoms with van der Waals surface area (Å²) >= 11 is 0. The Kier molecular flexibility index (Phi) is 4.50. The minimum Gasteiger partial charge on any atom is -0.282 e. The quantitative estimate of drug-likeness (QED) is 0.689. The Morgan fingerprint density at radius 2 is 1.35 bits per heavy atom. The predicted molar refractivity (Wildman–Crippen MR) is 81.4 cm³/mol. The first-order valence-corrected chi connectivity index (χ1v) is 7.47. The van der Waals surface area contributed by atoms with E-state index >= 15 is 0 Å². The molecule has 4 heteroatoms. The third-order valence-corrected chi connectivity index (χ3v) is 3.50. The van der Waals surface area contributed by atoms with Gasteiger partial charge in [0, 0.05) is 0 Å². The van der Waals surface area contributed by atoms with Gasteiger partial charge in [-0.3, -0.25) is 4.55 Å². The summed E-state index contributed by atoms with van der Waals surface area (Å²) < 4.78 is 32.1. The molecule has 0 aromatic heterocycles. The number of hydrogen-bond acceptors (Lipinski definition) is 2. The predicted octanol–water partition coefficient (Wildman–Crippen LogP) is 3.63. The van der Waals surface area contributed by atoms with Crippen LogP contribution in [0.25, 0.3) is 12.2 Å². The highest BCUT2D eigenvalue weighted by atomic mass is 32.2. The van der Waals surface area contributed by atoms with Crippen LogP contribution in [0, 0.1) is 0 Å². The van der Waals surface area contributed by atoms with Crippen molar-refractivity contribution in [3.8, 4) is 0 Å². The SMILES string of the molecule is O=S(=O)(O)C(C=Cc1ccccc1)=Cc1ccccc1. The van der Waals surface area contributed by atoms with Crippen molar-refractivity contribution < 1.29 is 13.0 Å². The normalized spacial score (nSPS) is 12.8. The Morgan fingerprint density at radius 1 is 0.850 bits per heavy atom. The molecule has 0 spiro atoms. The molecular weight excluding hydrogens is 272 g/mol. The third kappa shape index (κ3) is 4.19. The van der Waals surface area contributed by atoms with E-state index in [2.05, 4.69) is 0 Å². The molecular formula is C16H14O3S. The van der Waals surface area contributed by atoms with Gasteiger partial charge in [-0.25, -0.2) is 0 Å². The highest BCUT2D eigenvalue weighted by Crippen LogP contribution is 2.14. The summed E-state index contributed by atoms with van der Waals surface area (Å²) in [5, 5.41) is 0. The molecule has 0 saturated heterocycles. The lowest BCUT2D eigenvalue weighted by Crippen LogP contribution is -1.99. The highest BCUT2D eigenvalue weighted by molar-refractivity contribution is 7.90. The Hall–Kier alpha value is -2.17. The molecule has 0 aliphatic heterocycles. The molecule has 0 atom stereocenters. The summed E-state index contributed by atoms with van der Waals surface area (Å²) in [7, 11) is -4.26. The molecule has 2 rings (SSSR count). The Balaban J connectivity index is 2.36. The number of benzene rings is 2. The lowest BCUT2D eigenvalue weighted by molar-refractivity contribution is 0.492. The fraction of sp³-hybridized carbons (Fsp3) is 0. The van der Waals surface area contributed by atoms with E-state index in [1.807, 2.05) is 36.4 Å². The largest absolute Gasteiger partial charge is 0.294 e. The molecule has 3 nitrogen and oxygen atoms in total. The monoisotopic (exact) mass is 286 g/mol. The number of hydrogen-bond donors (Lipinski definition) is 1. The summed E-state index contributed by atoms with van der Waals surface area (Å²) in [5.41, 5.74) is 1.56. The average molecular weight is 286 g/mol. The van der Waals surface area contributed by atoms with Crippen LogP contribution < -0.4 is 0 Å². The molecule has 0 fully saturated rings. The Labute approximate surface area is 118 Å². The van der Waals surface area contributed by atoms with E-state index in [-0.39, 0.29) is 4.91 Å². The minimum absolute atomic E-state index is 0.146. The number of rotatable bonds is 4. The van der Waals surface area contributed by atoms with Crippen molar-refractivity contribution in [1.29, 1.82) is 0 Å². The van der Waals surface area contributed by atoms with Gasteiger partial charge in [0.25, 0.3) is 10.1 Å². The topological polar surface area (TPSA) is 54.4 Å². The first-order valence-electron chi connectivity index (χ1n) is 6.03. The molecule has 0 aliphatic carbocycles. The van der Waals surface area contributed by atoms with Crippen LogP contribution in [0.2, 0.25) is 0 Å². The van der Waals surface area contributed by atoms with Crippen LogP contribution in [0.5, 0.6) is 0 Å². The maximum atomic E-state index is 11.4. The van der Waals surface area contributed by atoms with E-state index in [1.54, 1.807) is 30.3 Å². The van der Waals surface area contributed by atoms with Crippen LogP contribution in [0.3, 0.4) is 0 Å². The lowest BCUT2D eigenvalue weighted by atomic mass is 10.2. The molecule has 102 valence electrons. The van der Waals surface area contributed by atoms with E-state index in [0.29, 0.717) is 5.56 Å². The van der Waals surface area contributed by atoms with Crippen molar-refractivity contribution in [3.63, 3.8) is 0 Å². The Bertz CT molecular complexity index is 715. The van der Waals surface area contributed by atoms with Crippen LogP contribution >= 0.6 is 0 Å². The fourth-order valence-corrected chi connectivity index (χ4v) is 2.19. The van der Waals surface area contributed by atoms with Crippen molar-refractivity contribution in [2.24, 2.45) is 0 Å². The average Bonchev–Trinajstić information content (AvgIpc) is 2.44. The van der Waals surface area contributed by atoms with Crippen molar-refractivity contribution in [2.75, 3.05) is 0 Å². The molecule has 0 unspecified atom stereocenters. The standard InChI is InChI=1S/C16H14O3S/c17-20(18,19)16(13-15-9-5-2-6-10-15)12-11-14-7-3-1-4-8-14/h1-13H,(H,17,18,19). The van der Waals surface area contributed by atoms with Crippen molar-refractivity contribution in [2.45, 2.75) is 0 Å². The molecule has 2 aromatic carbocycles. The van der Waals surface area contributed by atoms with E-state index in [4.69, 9.17) is 0 Å². The van der Waals surface area contributed by atoms with Gasteiger partial charge in [-0.15, -0.1) is 0 Å². The van der Waals surface area contributed by atoms with Gasteiger partial charge in [-0.05, 0) is 23.3 Å². The van der Waals surface area contributed by atoms with Crippen molar-refractivity contribution in [3.05, 3.63) is 82.8 Å². The van der Waals surface area contributed by atoms with Crippen molar-refractivity contribution in [1.82, 2.24) is 0 Å². The molecule has 1 N–H and O–H groups in total. The first kappa shape index (κ1) is 14.2. The van der Waals surface area contributed by atoms with Crippen molar-refractivity contribution >= 4 is 22.3 Å².